The first-order valence-corrected chi connectivity index (χ1v) is 9.76. The molecule has 1 aliphatic heterocycles. The van der Waals surface area contributed by atoms with Crippen LogP contribution in [-0.2, 0) is 19.5 Å². The lowest BCUT2D eigenvalue weighted by Crippen LogP contribution is -2.26. The fraction of sp³-hybridized carbons (Fsp3) is 0.471. The van der Waals surface area contributed by atoms with Gasteiger partial charge in [0.25, 0.3) is 0 Å². The maximum Gasteiger partial charge on any atom is 0.336 e. The summed E-state index contributed by atoms with van der Waals surface area (Å²) in [5, 5.41) is 0.558. The van der Waals surface area contributed by atoms with Gasteiger partial charge in [0.1, 0.15) is 5.58 Å². The molecule has 0 bridgehead atoms. The summed E-state index contributed by atoms with van der Waals surface area (Å²) in [6.45, 7) is 2.12. The molecule has 25 heavy (non-hydrogen) atoms. The average molecular weight is 367 g/mol. The monoisotopic (exact) mass is 367 g/mol. The molecule has 1 atom stereocenters. The van der Waals surface area contributed by atoms with Gasteiger partial charge in [0.15, 0.2) is 0 Å². The summed E-state index contributed by atoms with van der Waals surface area (Å²) in [6.07, 6.45) is 2.85. The van der Waals surface area contributed by atoms with Crippen molar-refractivity contribution in [1.29, 1.82) is 0 Å². The summed E-state index contributed by atoms with van der Waals surface area (Å²) in [6, 6.07) is 7.18. The molecule has 1 aromatic carbocycles. The van der Waals surface area contributed by atoms with Crippen molar-refractivity contribution in [3.8, 4) is 0 Å². The van der Waals surface area contributed by atoms with Gasteiger partial charge >= 0.3 is 5.63 Å². The van der Waals surface area contributed by atoms with Gasteiger partial charge < -0.3 is 13.9 Å². The Kier molecular flexibility index (Phi) is 5.85. The van der Waals surface area contributed by atoms with E-state index in [0.717, 1.165) is 19.4 Å². The van der Waals surface area contributed by atoms with Crippen molar-refractivity contribution in [2.24, 2.45) is 0 Å². The highest BCUT2D eigenvalue weighted by molar-refractivity contribution is 7.89. The number of fused-ring (bicyclic) bond motifs is 1. The summed E-state index contributed by atoms with van der Waals surface area (Å²) >= 11 is 0. The Labute approximate surface area is 146 Å². The van der Waals surface area contributed by atoms with Crippen molar-refractivity contribution < 1.29 is 22.3 Å². The lowest BCUT2D eigenvalue weighted by atomic mass is 10.2. The van der Waals surface area contributed by atoms with Crippen molar-refractivity contribution in [3.63, 3.8) is 0 Å². The van der Waals surface area contributed by atoms with E-state index in [1.165, 1.54) is 24.3 Å². The fourth-order valence-corrected chi connectivity index (χ4v) is 3.78. The van der Waals surface area contributed by atoms with Crippen molar-refractivity contribution in [3.05, 3.63) is 40.8 Å². The molecule has 0 saturated carbocycles. The van der Waals surface area contributed by atoms with E-state index in [9.17, 15) is 13.2 Å². The molecule has 0 radical (unpaired) electrons. The first-order valence-electron chi connectivity index (χ1n) is 8.27. The Morgan fingerprint density at radius 3 is 2.92 bits per heavy atom. The largest absolute Gasteiger partial charge is 0.423 e. The van der Waals surface area contributed by atoms with Crippen LogP contribution in [0.3, 0.4) is 0 Å². The summed E-state index contributed by atoms with van der Waals surface area (Å²) in [5.41, 5.74) is -0.113. The number of benzene rings is 1. The van der Waals surface area contributed by atoms with E-state index >= 15 is 0 Å². The van der Waals surface area contributed by atoms with Crippen LogP contribution in [0.4, 0.5) is 0 Å². The predicted molar refractivity (Wildman–Crippen MR) is 92.1 cm³/mol. The third-order valence-electron chi connectivity index (χ3n) is 3.99. The number of sulfonamides is 1. The second kappa shape index (κ2) is 8.09. The highest BCUT2D eigenvalue weighted by Gasteiger charge is 2.16. The minimum atomic E-state index is -3.61. The molecule has 0 amide bonds. The third kappa shape index (κ3) is 4.88. The Morgan fingerprint density at radius 2 is 2.12 bits per heavy atom. The predicted octanol–water partition coefficient (Wildman–Crippen LogP) is 1.66. The smallest absolute Gasteiger partial charge is 0.336 e. The molecule has 0 aliphatic carbocycles. The van der Waals surface area contributed by atoms with Crippen LogP contribution in [0.5, 0.6) is 0 Å². The van der Waals surface area contributed by atoms with Crippen LogP contribution in [-0.4, -0.2) is 40.9 Å². The van der Waals surface area contributed by atoms with E-state index in [-0.39, 0.29) is 17.5 Å². The Hall–Kier alpha value is -1.74. The number of nitrogens with one attached hydrogen (secondary N) is 1. The molecule has 2 heterocycles. The van der Waals surface area contributed by atoms with Gasteiger partial charge in [0.2, 0.25) is 10.0 Å². The quantitative estimate of drug-likeness (QED) is 0.563. The second-order valence-corrected chi connectivity index (χ2v) is 7.68. The third-order valence-corrected chi connectivity index (χ3v) is 5.45. The minimum absolute atomic E-state index is 0.133. The van der Waals surface area contributed by atoms with Gasteiger partial charge in [-0.2, -0.15) is 0 Å². The van der Waals surface area contributed by atoms with Crippen molar-refractivity contribution in [1.82, 2.24) is 4.72 Å². The fourth-order valence-electron chi connectivity index (χ4n) is 2.67. The van der Waals surface area contributed by atoms with E-state index in [2.05, 4.69) is 4.72 Å². The van der Waals surface area contributed by atoms with Crippen LogP contribution < -0.4 is 10.3 Å². The zero-order valence-electron chi connectivity index (χ0n) is 13.8. The zero-order valence-corrected chi connectivity index (χ0v) is 14.6. The van der Waals surface area contributed by atoms with Crippen LogP contribution in [0.25, 0.3) is 11.0 Å². The van der Waals surface area contributed by atoms with Crippen molar-refractivity contribution in [2.75, 3.05) is 26.4 Å². The molecule has 1 fully saturated rings. The zero-order chi connectivity index (χ0) is 17.7. The molecule has 1 aromatic heterocycles. The first-order chi connectivity index (χ1) is 12.0. The summed E-state index contributed by atoms with van der Waals surface area (Å²) < 4.78 is 43.1. The molecule has 0 spiro atoms. The highest BCUT2D eigenvalue weighted by atomic mass is 32.2. The van der Waals surface area contributed by atoms with Crippen LogP contribution >= 0.6 is 0 Å². The summed E-state index contributed by atoms with van der Waals surface area (Å²) in [7, 11) is -3.61. The van der Waals surface area contributed by atoms with Gasteiger partial charge in [-0.3, -0.25) is 0 Å². The molecule has 3 rings (SSSR count). The maximum absolute atomic E-state index is 12.3. The van der Waals surface area contributed by atoms with Gasteiger partial charge in [-0.1, -0.05) is 0 Å². The number of rotatable bonds is 8. The number of ether oxygens (including phenoxy) is 2. The van der Waals surface area contributed by atoms with Crippen LogP contribution in [0.15, 0.2) is 44.4 Å². The van der Waals surface area contributed by atoms with Crippen LogP contribution in [0.2, 0.25) is 0 Å². The normalized spacial score (nSPS) is 18.0. The molecule has 0 unspecified atom stereocenters. The van der Waals surface area contributed by atoms with Crippen molar-refractivity contribution in [2.45, 2.75) is 30.3 Å². The van der Waals surface area contributed by atoms with Gasteiger partial charge in [0.05, 0.1) is 17.6 Å². The topological polar surface area (TPSA) is 94.8 Å². The van der Waals surface area contributed by atoms with Gasteiger partial charge in [-0.15, -0.1) is 0 Å². The average Bonchev–Trinajstić information content (AvgIpc) is 3.10. The van der Waals surface area contributed by atoms with Crippen LogP contribution in [0.1, 0.15) is 19.3 Å². The lowest BCUT2D eigenvalue weighted by molar-refractivity contribution is 0.0169. The molecule has 8 heteroatoms. The van der Waals surface area contributed by atoms with Gasteiger partial charge in [-0.25, -0.2) is 17.9 Å². The number of hydrogen-bond acceptors (Lipinski definition) is 6. The van der Waals surface area contributed by atoms with Gasteiger partial charge in [-0.05, 0) is 43.5 Å². The van der Waals surface area contributed by atoms with E-state index in [1.54, 1.807) is 6.07 Å². The lowest BCUT2D eigenvalue weighted by Gasteiger charge is -2.10. The first kappa shape index (κ1) is 18.1. The van der Waals surface area contributed by atoms with Gasteiger partial charge in [0, 0.05) is 31.2 Å². The van der Waals surface area contributed by atoms with Crippen molar-refractivity contribution >= 4 is 21.0 Å². The Balaban J connectivity index is 1.49. The molecule has 7 nitrogen and oxygen atoms in total. The molecule has 1 aliphatic rings. The van der Waals surface area contributed by atoms with E-state index in [0.29, 0.717) is 30.6 Å². The molecule has 136 valence electrons. The molecule has 1 saturated heterocycles. The summed E-state index contributed by atoms with van der Waals surface area (Å²) in [4.78, 5) is 11.3. The molecular weight excluding hydrogens is 346 g/mol. The highest BCUT2D eigenvalue weighted by Crippen LogP contribution is 2.17. The molecule has 1 N–H and O–H groups in total. The van der Waals surface area contributed by atoms with E-state index < -0.39 is 15.6 Å². The summed E-state index contributed by atoms with van der Waals surface area (Å²) in [5.74, 6) is 0. The second-order valence-electron chi connectivity index (χ2n) is 5.92. The van der Waals surface area contributed by atoms with Crippen LogP contribution in [0, 0.1) is 0 Å². The molecular formula is C17H21NO6S. The van der Waals surface area contributed by atoms with E-state index in [1.807, 2.05) is 0 Å². The maximum atomic E-state index is 12.3. The standard InChI is InChI=1S/C17H21NO6S/c19-17-7-4-13-11-15(5-6-16(13)24-17)25(20,21)18-8-2-9-22-12-14-3-1-10-23-14/h4-7,11,14,18H,1-3,8-10,12H2/t14-/m1/s1. The molecule has 2 aromatic rings. The Bertz CT molecular complexity index is 870. The minimum Gasteiger partial charge on any atom is -0.423 e. The van der Waals surface area contributed by atoms with E-state index in [4.69, 9.17) is 13.9 Å². The number of hydrogen-bond donors (Lipinski definition) is 1. The Morgan fingerprint density at radius 1 is 1.24 bits per heavy atom. The SMILES string of the molecule is O=c1ccc2cc(S(=O)(=O)NCCCOC[C@H]3CCCO3)ccc2o1.